The number of nitrogens with one attached hydrogen (secondary N) is 1. The SMILES string of the molecule is CN1C(=O)CC(C(=O)NCCCc2nnc3ccccn23)C1c1cccs1. The number of aromatic nitrogens is 3. The highest BCUT2D eigenvalue weighted by atomic mass is 32.1. The summed E-state index contributed by atoms with van der Waals surface area (Å²) in [5.41, 5.74) is 0.822. The Bertz CT molecular complexity index is 952. The molecule has 1 aliphatic heterocycles. The van der Waals surface area contributed by atoms with Crippen LogP contribution in [0.2, 0.25) is 0 Å². The third kappa shape index (κ3) is 3.44. The van der Waals surface area contributed by atoms with Gasteiger partial charge in [-0.3, -0.25) is 14.0 Å². The molecule has 1 aliphatic rings. The Morgan fingerprint density at radius 2 is 2.19 bits per heavy atom. The molecule has 2 atom stereocenters. The largest absolute Gasteiger partial charge is 0.356 e. The van der Waals surface area contributed by atoms with E-state index in [1.165, 1.54) is 0 Å². The average Bonchev–Trinajstić information content (AvgIpc) is 3.39. The molecule has 4 heterocycles. The van der Waals surface area contributed by atoms with Crippen molar-refractivity contribution in [1.82, 2.24) is 24.8 Å². The number of rotatable bonds is 6. The molecule has 1 fully saturated rings. The molecule has 1 saturated heterocycles. The van der Waals surface area contributed by atoms with Crippen molar-refractivity contribution in [1.29, 1.82) is 0 Å². The first-order chi connectivity index (χ1) is 13.1. The molecular weight excluding hydrogens is 362 g/mol. The summed E-state index contributed by atoms with van der Waals surface area (Å²) in [7, 11) is 1.77. The van der Waals surface area contributed by atoms with Crippen LogP contribution in [-0.2, 0) is 16.0 Å². The number of carbonyl (C=O) groups excluding carboxylic acids is 2. The fourth-order valence-corrected chi connectivity index (χ4v) is 4.54. The molecule has 2 unspecified atom stereocenters. The Labute approximate surface area is 161 Å². The Kier molecular flexibility index (Phi) is 4.89. The van der Waals surface area contributed by atoms with Crippen LogP contribution in [0, 0.1) is 5.92 Å². The highest BCUT2D eigenvalue weighted by Gasteiger charge is 2.42. The first-order valence-corrected chi connectivity index (χ1v) is 9.88. The van der Waals surface area contributed by atoms with E-state index >= 15 is 0 Å². The number of pyridine rings is 1. The van der Waals surface area contributed by atoms with E-state index in [0.29, 0.717) is 6.54 Å². The van der Waals surface area contributed by atoms with Crippen molar-refractivity contribution < 1.29 is 9.59 Å². The van der Waals surface area contributed by atoms with E-state index in [-0.39, 0.29) is 30.2 Å². The lowest BCUT2D eigenvalue weighted by Crippen LogP contribution is -2.34. The van der Waals surface area contributed by atoms with Gasteiger partial charge in [0.2, 0.25) is 11.8 Å². The number of hydrogen-bond donors (Lipinski definition) is 1. The second-order valence-electron chi connectivity index (χ2n) is 6.72. The van der Waals surface area contributed by atoms with Crippen molar-refractivity contribution in [3.63, 3.8) is 0 Å². The molecule has 0 saturated carbocycles. The smallest absolute Gasteiger partial charge is 0.226 e. The number of fused-ring (bicyclic) bond motifs is 1. The summed E-state index contributed by atoms with van der Waals surface area (Å²) in [6.45, 7) is 0.548. The maximum absolute atomic E-state index is 12.7. The van der Waals surface area contributed by atoms with Crippen LogP contribution in [0.3, 0.4) is 0 Å². The Morgan fingerprint density at radius 1 is 1.30 bits per heavy atom. The second-order valence-corrected chi connectivity index (χ2v) is 7.69. The van der Waals surface area contributed by atoms with Gasteiger partial charge >= 0.3 is 0 Å². The third-order valence-corrected chi connectivity index (χ3v) is 5.96. The minimum Gasteiger partial charge on any atom is -0.356 e. The fourth-order valence-electron chi connectivity index (χ4n) is 3.60. The lowest BCUT2D eigenvalue weighted by molar-refractivity contribution is -0.128. The monoisotopic (exact) mass is 383 g/mol. The van der Waals surface area contributed by atoms with E-state index < -0.39 is 0 Å². The van der Waals surface area contributed by atoms with E-state index in [0.717, 1.165) is 29.2 Å². The van der Waals surface area contributed by atoms with E-state index in [2.05, 4.69) is 15.5 Å². The average molecular weight is 383 g/mol. The van der Waals surface area contributed by atoms with Gasteiger partial charge in [0.25, 0.3) is 0 Å². The molecule has 0 aliphatic carbocycles. The summed E-state index contributed by atoms with van der Waals surface area (Å²) in [6.07, 6.45) is 3.69. The number of nitrogens with zero attached hydrogens (tertiary/aromatic N) is 4. The van der Waals surface area contributed by atoms with E-state index in [9.17, 15) is 9.59 Å². The van der Waals surface area contributed by atoms with Crippen molar-refractivity contribution in [3.05, 3.63) is 52.6 Å². The van der Waals surface area contributed by atoms with Gasteiger partial charge in [-0.1, -0.05) is 12.1 Å². The van der Waals surface area contributed by atoms with Gasteiger partial charge in [-0.25, -0.2) is 0 Å². The zero-order valence-electron chi connectivity index (χ0n) is 15.0. The predicted octanol–water partition coefficient (Wildman–Crippen LogP) is 2.06. The molecule has 3 aromatic heterocycles. The summed E-state index contributed by atoms with van der Waals surface area (Å²) in [6, 6.07) is 9.56. The zero-order valence-corrected chi connectivity index (χ0v) is 15.9. The quantitative estimate of drug-likeness (QED) is 0.661. The minimum absolute atomic E-state index is 0.0171. The number of amides is 2. The van der Waals surface area contributed by atoms with Gasteiger partial charge in [-0.05, 0) is 30.0 Å². The maximum Gasteiger partial charge on any atom is 0.226 e. The van der Waals surface area contributed by atoms with Crippen LogP contribution in [0.4, 0.5) is 0 Å². The number of likely N-dealkylation sites (tertiary alicyclic amines) is 1. The lowest BCUT2D eigenvalue weighted by Gasteiger charge is -2.23. The third-order valence-electron chi connectivity index (χ3n) is 5.02. The Morgan fingerprint density at radius 3 is 3.00 bits per heavy atom. The van der Waals surface area contributed by atoms with Crippen LogP contribution < -0.4 is 5.32 Å². The number of thiophene rings is 1. The number of aryl methyl sites for hydroxylation is 1. The molecule has 0 radical (unpaired) electrons. The van der Waals surface area contributed by atoms with E-state index in [4.69, 9.17) is 0 Å². The van der Waals surface area contributed by atoms with Gasteiger partial charge < -0.3 is 10.2 Å². The first kappa shape index (κ1) is 17.7. The van der Waals surface area contributed by atoms with Crippen molar-refractivity contribution in [2.75, 3.05) is 13.6 Å². The highest BCUT2D eigenvalue weighted by molar-refractivity contribution is 7.10. The molecular formula is C19H21N5O2S. The molecule has 1 N–H and O–H groups in total. The van der Waals surface area contributed by atoms with Gasteiger partial charge in [-0.2, -0.15) is 0 Å². The second kappa shape index (κ2) is 7.48. The molecule has 7 nitrogen and oxygen atoms in total. The van der Waals surface area contributed by atoms with Crippen LogP contribution >= 0.6 is 11.3 Å². The summed E-state index contributed by atoms with van der Waals surface area (Å²) in [4.78, 5) is 27.6. The van der Waals surface area contributed by atoms with Gasteiger partial charge in [-0.15, -0.1) is 21.5 Å². The van der Waals surface area contributed by atoms with E-state index in [1.54, 1.807) is 23.3 Å². The van der Waals surface area contributed by atoms with Crippen molar-refractivity contribution in [3.8, 4) is 0 Å². The number of hydrogen-bond acceptors (Lipinski definition) is 5. The Balaban J connectivity index is 1.34. The van der Waals surface area contributed by atoms with Crippen LogP contribution in [0.1, 0.15) is 29.6 Å². The van der Waals surface area contributed by atoms with Crippen LogP contribution in [0.15, 0.2) is 41.9 Å². The zero-order chi connectivity index (χ0) is 18.8. The highest BCUT2D eigenvalue weighted by Crippen LogP contribution is 2.39. The molecule has 0 bridgehead atoms. The van der Waals surface area contributed by atoms with Gasteiger partial charge in [0, 0.05) is 37.5 Å². The van der Waals surface area contributed by atoms with Crippen LogP contribution in [0.5, 0.6) is 0 Å². The minimum atomic E-state index is -0.338. The molecule has 0 spiro atoms. The molecule has 140 valence electrons. The predicted molar refractivity (Wildman–Crippen MR) is 102 cm³/mol. The molecule has 4 rings (SSSR count). The van der Waals surface area contributed by atoms with Crippen molar-refractivity contribution in [2.45, 2.75) is 25.3 Å². The first-order valence-electron chi connectivity index (χ1n) is 9.00. The standard InChI is InChI=1S/C19H21N5O2S/c1-23-17(25)12-13(18(23)14-6-5-11-27-14)19(26)20-9-4-8-16-22-21-15-7-2-3-10-24(15)16/h2-3,5-7,10-11,13,18H,4,8-9,12H2,1H3,(H,20,26). The van der Waals surface area contributed by atoms with Crippen LogP contribution in [0.25, 0.3) is 5.65 Å². The topological polar surface area (TPSA) is 79.6 Å². The summed E-state index contributed by atoms with van der Waals surface area (Å²) >= 11 is 1.58. The lowest BCUT2D eigenvalue weighted by atomic mass is 9.98. The summed E-state index contributed by atoms with van der Waals surface area (Å²) in [5, 5.41) is 13.3. The normalized spacial score (nSPS) is 19.7. The molecule has 3 aromatic rings. The Hall–Kier alpha value is -2.74. The van der Waals surface area contributed by atoms with Crippen LogP contribution in [-0.4, -0.2) is 44.9 Å². The molecule has 8 heteroatoms. The summed E-state index contributed by atoms with van der Waals surface area (Å²) < 4.78 is 1.96. The maximum atomic E-state index is 12.7. The van der Waals surface area contributed by atoms with Gasteiger partial charge in [0.15, 0.2) is 5.65 Å². The van der Waals surface area contributed by atoms with Crippen molar-refractivity contribution >= 4 is 28.8 Å². The van der Waals surface area contributed by atoms with Gasteiger partial charge in [0.1, 0.15) is 5.82 Å². The number of carbonyl (C=O) groups is 2. The van der Waals surface area contributed by atoms with Gasteiger partial charge in [0.05, 0.1) is 12.0 Å². The summed E-state index contributed by atoms with van der Waals surface area (Å²) in [5.74, 6) is 0.503. The molecule has 27 heavy (non-hydrogen) atoms. The van der Waals surface area contributed by atoms with E-state index in [1.807, 2.05) is 46.3 Å². The molecule has 0 aromatic carbocycles. The van der Waals surface area contributed by atoms with Crippen molar-refractivity contribution in [2.24, 2.45) is 5.92 Å². The molecule has 2 amide bonds. The fraction of sp³-hybridized carbons (Fsp3) is 0.368.